The van der Waals surface area contributed by atoms with Crippen molar-refractivity contribution in [3.05, 3.63) is 24.3 Å². The molecule has 2 N–H and O–H groups in total. The molecule has 0 spiro atoms. The van der Waals surface area contributed by atoms with Crippen LogP contribution in [0, 0.1) is 5.92 Å². The second-order valence-electron chi connectivity index (χ2n) is 4.97. The molecule has 6 heteroatoms. The smallest absolute Gasteiger partial charge is 0.235 e. The lowest BCUT2D eigenvalue weighted by molar-refractivity contribution is 0.404. The summed E-state index contributed by atoms with van der Waals surface area (Å²) in [5.74, 6) is 0.474. The lowest BCUT2D eigenvalue weighted by atomic mass is 10.0. The fourth-order valence-corrected chi connectivity index (χ4v) is 3.85. The number of aromatic hydroxyl groups is 1. The zero-order valence-electron chi connectivity index (χ0n) is 11.0. The predicted octanol–water partition coefficient (Wildman–Crippen LogP) is 1.16. The summed E-state index contributed by atoms with van der Waals surface area (Å²) in [6.45, 7) is 1.74. The summed E-state index contributed by atoms with van der Waals surface area (Å²) in [5.41, 5.74) is 0.571. The highest BCUT2D eigenvalue weighted by atomic mass is 32.2. The van der Waals surface area contributed by atoms with Gasteiger partial charge in [-0.15, -0.1) is 0 Å². The first-order chi connectivity index (χ1) is 8.99. The maximum atomic E-state index is 12.3. The molecule has 1 heterocycles. The molecule has 1 aliphatic heterocycles. The Morgan fingerprint density at radius 2 is 2.05 bits per heavy atom. The molecule has 0 aliphatic carbocycles. The maximum absolute atomic E-state index is 12.3. The standard InChI is InChI=1S/C13H20N2O3S/c1-15(12-4-6-13(16)7-5-12)19(17,18)10-11-3-2-8-14-9-11/h4-7,11,14,16H,2-3,8-10H2,1H3. The number of nitrogens with one attached hydrogen (secondary N) is 1. The highest BCUT2D eigenvalue weighted by Gasteiger charge is 2.25. The van der Waals surface area contributed by atoms with E-state index in [1.54, 1.807) is 19.2 Å². The van der Waals surface area contributed by atoms with E-state index in [0.29, 0.717) is 5.69 Å². The topological polar surface area (TPSA) is 69.6 Å². The summed E-state index contributed by atoms with van der Waals surface area (Å²) in [7, 11) is -1.76. The normalized spacial score (nSPS) is 20.2. The van der Waals surface area contributed by atoms with Crippen LogP contribution in [0.15, 0.2) is 24.3 Å². The van der Waals surface area contributed by atoms with E-state index in [9.17, 15) is 13.5 Å². The second kappa shape index (κ2) is 5.79. The van der Waals surface area contributed by atoms with Crippen LogP contribution in [0.1, 0.15) is 12.8 Å². The Hall–Kier alpha value is -1.27. The van der Waals surface area contributed by atoms with Gasteiger partial charge < -0.3 is 10.4 Å². The lowest BCUT2D eigenvalue weighted by Crippen LogP contribution is -2.38. The number of sulfonamides is 1. The quantitative estimate of drug-likeness (QED) is 0.870. The molecule has 0 amide bonds. The van der Waals surface area contributed by atoms with Crippen molar-refractivity contribution in [3.63, 3.8) is 0 Å². The summed E-state index contributed by atoms with van der Waals surface area (Å²) >= 11 is 0. The van der Waals surface area contributed by atoms with Crippen molar-refractivity contribution in [2.75, 3.05) is 30.2 Å². The molecule has 1 aliphatic rings. The van der Waals surface area contributed by atoms with E-state index in [2.05, 4.69) is 5.32 Å². The molecule has 2 rings (SSSR count). The molecule has 106 valence electrons. The number of rotatable bonds is 4. The van der Waals surface area contributed by atoms with Gasteiger partial charge in [0.05, 0.1) is 11.4 Å². The van der Waals surface area contributed by atoms with Gasteiger partial charge >= 0.3 is 0 Å². The molecule has 19 heavy (non-hydrogen) atoms. The number of phenolic OH excluding ortho intramolecular Hbond substituents is 1. The van der Waals surface area contributed by atoms with Crippen LogP contribution in [0.25, 0.3) is 0 Å². The summed E-state index contributed by atoms with van der Waals surface area (Å²) in [6.07, 6.45) is 1.98. The Morgan fingerprint density at radius 1 is 1.37 bits per heavy atom. The van der Waals surface area contributed by atoms with Crippen molar-refractivity contribution in [1.29, 1.82) is 0 Å². The highest BCUT2D eigenvalue weighted by Crippen LogP contribution is 2.22. The third-order valence-electron chi connectivity index (χ3n) is 3.48. The van der Waals surface area contributed by atoms with E-state index in [4.69, 9.17) is 0 Å². The summed E-state index contributed by atoms with van der Waals surface area (Å²) < 4.78 is 25.9. The minimum atomic E-state index is -3.31. The number of phenols is 1. The van der Waals surface area contributed by atoms with Crippen molar-refractivity contribution in [3.8, 4) is 5.75 Å². The predicted molar refractivity (Wildman–Crippen MR) is 75.9 cm³/mol. The Balaban J connectivity index is 2.07. The number of benzene rings is 1. The van der Waals surface area contributed by atoms with Crippen LogP contribution in [0.4, 0.5) is 5.69 Å². The number of anilines is 1. The van der Waals surface area contributed by atoms with E-state index in [1.807, 2.05) is 0 Å². The average Bonchev–Trinajstić information content (AvgIpc) is 2.39. The van der Waals surface area contributed by atoms with Crippen molar-refractivity contribution >= 4 is 15.7 Å². The Kier molecular flexibility index (Phi) is 4.31. The molecule has 0 saturated carbocycles. The lowest BCUT2D eigenvalue weighted by Gasteiger charge is -2.26. The molecule has 5 nitrogen and oxygen atoms in total. The Labute approximate surface area is 114 Å². The van der Waals surface area contributed by atoms with Gasteiger partial charge in [0.2, 0.25) is 10.0 Å². The van der Waals surface area contributed by atoms with E-state index in [0.717, 1.165) is 25.9 Å². The first-order valence-electron chi connectivity index (χ1n) is 6.45. The van der Waals surface area contributed by atoms with E-state index in [1.165, 1.54) is 16.4 Å². The second-order valence-corrected chi connectivity index (χ2v) is 7.02. The largest absolute Gasteiger partial charge is 0.508 e. The first kappa shape index (κ1) is 14.1. The SMILES string of the molecule is CN(c1ccc(O)cc1)S(=O)(=O)CC1CCCNC1. The van der Waals surface area contributed by atoms with Gasteiger partial charge in [-0.25, -0.2) is 8.42 Å². The van der Waals surface area contributed by atoms with E-state index in [-0.39, 0.29) is 17.4 Å². The number of hydrogen-bond acceptors (Lipinski definition) is 4. The fraction of sp³-hybridized carbons (Fsp3) is 0.538. The maximum Gasteiger partial charge on any atom is 0.235 e. The van der Waals surface area contributed by atoms with Crippen LogP contribution >= 0.6 is 0 Å². The van der Waals surface area contributed by atoms with Crippen molar-refractivity contribution < 1.29 is 13.5 Å². The average molecular weight is 284 g/mol. The summed E-state index contributed by atoms with van der Waals surface area (Å²) in [6, 6.07) is 6.19. The molecule has 1 unspecified atom stereocenters. The van der Waals surface area contributed by atoms with Gasteiger partial charge in [-0.05, 0) is 56.1 Å². The van der Waals surface area contributed by atoms with E-state index < -0.39 is 10.0 Å². The number of nitrogens with zero attached hydrogens (tertiary/aromatic N) is 1. The zero-order chi connectivity index (χ0) is 13.9. The number of hydrogen-bond donors (Lipinski definition) is 2. The van der Waals surface area contributed by atoms with Crippen molar-refractivity contribution in [2.24, 2.45) is 5.92 Å². The highest BCUT2D eigenvalue weighted by molar-refractivity contribution is 7.92. The van der Waals surface area contributed by atoms with Crippen molar-refractivity contribution in [2.45, 2.75) is 12.8 Å². The zero-order valence-corrected chi connectivity index (χ0v) is 11.9. The van der Waals surface area contributed by atoms with Gasteiger partial charge in [-0.3, -0.25) is 4.31 Å². The minimum absolute atomic E-state index is 0.131. The van der Waals surface area contributed by atoms with Crippen LogP contribution in [0.3, 0.4) is 0 Å². The van der Waals surface area contributed by atoms with Gasteiger partial charge in [-0.2, -0.15) is 0 Å². The van der Waals surface area contributed by atoms with Crippen LogP contribution in [0.5, 0.6) is 5.75 Å². The molecule has 0 aromatic heterocycles. The summed E-state index contributed by atoms with van der Waals surface area (Å²) in [5, 5.41) is 12.5. The monoisotopic (exact) mass is 284 g/mol. The molecule has 1 atom stereocenters. The molecule has 1 aromatic rings. The number of piperidine rings is 1. The molecule has 1 saturated heterocycles. The van der Waals surface area contributed by atoms with Gasteiger partial charge in [-0.1, -0.05) is 0 Å². The molecule has 1 aromatic carbocycles. The van der Waals surface area contributed by atoms with Gasteiger partial charge in [0, 0.05) is 7.05 Å². The van der Waals surface area contributed by atoms with Gasteiger partial charge in [0.15, 0.2) is 0 Å². The third-order valence-corrected chi connectivity index (χ3v) is 5.41. The van der Waals surface area contributed by atoms with Crippen LogP contribution < -0.4 is 9.62 Å². The van der Waals surface area contributed by atoms with Crippen LogP contribution in [-0.2, 0) is 10.0 Å². The molecule has 0 bridgehead atoms. The molecular formula is C13H20N2O3S. The van der Waals surface area contributed by atoms with Crippen LogP contribution in [-0.4, -0.2) is 39.4 Å². The Morgan fingerprint density at radius 3 is 2.63 bits per heavy atom. The third kappa shape index (κ3) is 3.61. The van der Waals surface area contributed by atoms with E-state index >= 15 is 0 Å². The summed E-state index contributed by atoms with van der Waals surface area (Å²) in [4.78, 5) is 0. The first-order valence-corrected chi connectivity index (χ1v) is 8.06. The van der Waals surface area contributed by atoms with Crippen LogP contribution in [0.2, 0.25) is 0 Å². The Bertz CT molecular complexity index is 507. The molecule has 0 radical (unpaired) electrons. The minimum Gasteiger partial charge on any atom is -0.508 e. The fourth-order valence-electron chi connectivity index (χ4n) is 2.30. The van der Waals surface area contributed by atoms with Gasteiger partial charge in [0.1, 0.15) is 5.75 Å². The van der Waals surface area contributed by atoms with Gasteiger partial charge in [0.25, 0.3) is 0 Å². The molecular weight excluding hydrogens is 264 g/mol. The van der Waals surface area contributed by atoms with Crippen molar-refractivity contribution in [1.82, 2.24) is 5.32 Å². The molecule has 1 fully saturated rings.